The van der Waals surface area contributed by atoms with Crippen molar-refractivity contribution >= 4 is 11.6 Å². The van der Waals surface area contributed by atoms with Gasteiger partial charge in [0.05, 0.1) is 0 Å². The number of carbonyl (C=O) groups excluding carboxylic acids is 1. The van der Waals surface area contributed by atoms with Crippen molar-refractivity contribution in [3.63, 3.8) is 0 Å². The number of aliphatic hydroxyl groups is 1. The van der Waals surface area contributed by atoms with E-state index in [4.69, 9.17) is 0 Å². The van der Waals surface area contributed by atoms with E-state index in [0.29, 0.717) is 25.5 Å². The first-order chi connectivity index (χ1) is 10.7. The molecule has 4 heteroatoms. The summed E-state index contributed by atoms with van der Waals surface area (Å²) in [6.45, 7) is 5.03. The number of benzene rings is 1. The van der Waals surface area contributed by atoms with Gasteiger partial charge in [-0.2, -0.15) is 0 Å². The Balaban J connectivity index is 1.79. The number of nitrogens with zero attached hydrogens (tertiary/aromatic N) is 1. The highest BCUT2D eigenvalue weighted by atomic mass is 16.3. The Bertz CT molecular complexity index is 451. The zero-order valence-electron chi connectivity index (χ0n) is 13.6. The van der Waals surface area contributed by atoms with Crippen molar-refractivity contribution in [2.45, 2.75) is 45.6 Å². The van der Waals surface area contributed by atoms with Crippen molar-refractivity contribution in [3.05, 3.63) is 29.8 Å². The van der Waals surface area contributed by atoms with Crippen LogP contribution in [0.25, 0.3) is 0 Å². The minimum Gasteiger partial charge on any atom is -0.396 e. The molecule has 0 atom stereocenters. The summed E-state index contributed by atoms with van der Waals surface area (Å²) >= 11 is 0. The molecule has 4 nitrogen and oxygen atoms in total. The van der Waals surface area contributed by atoms with Crippen LogP contribution in [0.15, 0.2) is 24.3 Å². The summed E-state index contributed by atoms with van der Waals surface area (Å²) in [5.41, 5.74) is 2.37. The number of unbranched alkanes of at least 4 members (excludes halogenated alkanes) is 1. The molecule has 0 unspecified atom stereocenters. The van der Waals surface area contributed by atoms with Crippen LogP contribution in [0.3, 0.4) is 0 Å². The van der Waals surface area contributed by atoms with Crippen LogP contribution >= 0.6 is 0 Å². The third kappa shape index (κ3) is 5.02. The second-order valence-corrected chi connectivity index (χ2v) is 6.16. The van der Waals surface area contributed by atoms with Crippen LogP contribution in [-0.2, 0) is 11.3 Å². The molecule has 1 fully saturated rings. The van der Waals surface area contributed by atoms with Gasteiger partial charge in [0.2, 0.25) is 5.91 Å². The van der Waals surface area contributed by atoms with Gasteiger partial charge in [-0.05, 0) is 42.9 Å². The summed E-state index contributed by atoms with van der Waals surface area (Å²) < 4.78 is 0. The van der Waals surface area contributed by atoms with Gasteiger partial charge in [0.1, 0.15) is 0 Å². The highest BCUT2D eigenvalue weighted by Gasteiger charge is 2.18. The van der Waals surface area contributed by atoms with E-state index in [9.17, 15) is 9.90 Å². The second kappa shape index (κ2) is 8.79. The molecule has 1 aromatic rings. The van der Waals surface area contributed by atoms with Gasteiger partial charge in [-0.15, -0.1) is 0 Å². The van der Waals surface area contributed by atoms with Gasteiger partial charge < -0.3 is 15.3 Å². The molecule has 0 saturated carbocycles. The standard InChI is InChI=1S/C18H28N2O2/c1-2-3-4-18(22)19-13-15-5-7-17(8-6-15)20-11-9-16(14-21)10-12-20/h5-8,16,21H,2-4,9-14H2,1H3,(H,19,22). The van der Waals surface area contributed by atoms with E-state index in [1.807, 2.05) is 0 Å². The van der Waals surface area contributed by atoms with Gasteiger partial charge in [-0.25, -0.2) is 0 Å². The van der Waals surface area contributed by atoms with E-state index in [2.05, 4.69) is 41.4 Å². The van der Waals surface area contributed by atoms with Crippen LogP contribution < -0.4 is 10.2 Å². The van der Waals surface area contributed by atoms with Crippen molar-refractivity contribution in [1.29, 1.82) is 0 Å². The molecule has 0 radical (unpaired) electrons. The maximum Gasteiger partial charge on any atom is 0.220 e. The maximum absolute atomic E-state index is 11.6. The van der Waals surface area contributed by atoms with Gasteiger partial charge >= 0.3 is 0 Å². The fourth-order valence-corrected chi connectivity index (χ4v) is 2.82. The quantitative estimate of drug-likeness (QED) is 0.814. The number of hydrogen-bond acceptors (Lipinski definition) is 3. The number of amides is 1. The first kappa shape index (κ1) is 16.8. The molecule has 0 spiro atoms. The summed E-state index contributed by atoms with van der Waals surface area (Å²) in [4.78, 5) is 14.0. The summed E-state index contributed by atoms with van der Waals surface area (Å²) in [7, 11) is 0. The van der Waals surface area contributed by atoms with Gasteiger partial charge in [0.25, 0.3) is 0 Å². The summed E-state index contributed by atoms with van der Waals surface area (Å²) in [6.07, 6.45) is 4.75. The minimum atomic E-state index is 0.136. The SMILES string of the molecule is CCCCC(=O)NCc1ccc(N2CCC(CO)CC2)cc1. The molecule has 1 aromatic carbocycles. The Morgan fingerprint density at radius 2 is 1.95 bits per heavy atom. The Labute approximate surface area is 133 Å². The van der Waals surface area contributed by atoms with E-state index in [-0.39, 0.29) is 5.91 Å². The molecule has 1 amide bonds. The molecule has 1 saturated heterocycles. The number of carbonyl (C=O) groups is 1. The van der Waals surface area contributed by atoms with Crippen LogP contribution in [-0.4, -0.2) is 30.7 Å². The van der Waals surface area contributed by atoms with Crippen molar-refractivity contribution in [1.82, 2.24) is 5.32 Å². The minimum absolute atomic E-state index is 0.136. The molecule has 1 heterocycles. The van der Waals surface area contributed by atoms with Crippen molar-refractivity contribution in [2.24, 2.45) is 5.92 Å². The molecule has 2 N–H and O–H groups in total. The Morgan fingerprint density at radius 1 is 1.27 bits per heavy atom. The lowest BCUT2D eigenvalue weighted by atomic mass is 9.97. The van der Waals surface area contributed by atoms with Crippen LogP contribution in [0.5, 0.6) is 0 Å². The van der Waals surface area contributed by atoms with Gasteiger partial charge in [-0.1, -0.05) is 25.5 Å². The lowest BCUT2D eigenvalue weighted by molar-refractivity contribution is -0.121. The maximum atomic E-state index is 11.6. The van der Waals surface area contributed by atoms with Gasteiger partial charge in [-0.3, -0.25) is 4.79 Å². The average molecular weight is 304 g/mol. The number of rotatable bonds is 7. The third-order valence-corrected chi connectivity index (χ3v) is 4.42. The van der Waals surface area contributed by atoms with E-state index in [1.54, 1.807) is 0 Å². The van der Waals surface area contributed by atoms with Crippen molar-refractivity contribution in [3.8, 4) is 0 Å². The molecule has 22 heavy (non-hydrogen) atoms. The zero-order valence-corrected chi connectivity index (χ0v) is 13.6. The summed E-state index contributed by atoms with van der Waals surface area (Å²) in [5.74, 6) is 0.603. The van der Waals surface area contributed by atoms with Crippen LogP contribution in [0, 0.1) is 5.92 Å². The normalized spacial score (nSPS) is 15.8. The second-order valence-electron chi connectivity index (χ2n) is 6.16. The molecule has 0 bridgehead atoms. The lowest BCUT2D eigenvalue weighted by Gasteiger charge is -2.33. The largest absolute Gasteiger partial charge is 0.396 e. The Hall–Kier alpha value is -1.55. The number of nitrogens with one attached hydrogen (secondary N) is 1. The first-order valence-electron chi connectivity index (χ1n) is 8.44. The molecule has 1 aliphatic heterocycles. The van der Waals surface area contributed by atoms with E-state index in [0.717, 1.165) is 44.3 Å². The molecular weight excluding hydrogens is 276 g/mol. The highest BCUT2D eigenvalue weighted by molar-refractivity contribution is 5.75. The topological polar surface area (TPSA) is 52.6 Å². The number of hydrogen-bond donors (Lipinski definition) is 2. The average Bonchev–Trinajstić information content (AvgIpc) is 2.58. The summed E-state index contributed by atoms with van der Waals surface area (Å²) in [5, 5.41) is 12.2. The van der Waals surface area contributed by atoms with E-state index in [1.165, 1.54) is 5.69 Å². The monoisotopic (exact) mass is 304 g/mol. The molecule has 0 aromatic heterocycles. The van der Waals surface area contributed by atoms with Gasteiger partial charge in [0, 0.05) is 38.3 Å². The van der Waals surface area contributed by atoms with Gasteiger partial charge in [0.15, 0.2) is 0 Å². The number of anilines is 1. The fraction of sp³-hybridized carbons (Fsp3) is 0.611. The van der Waals surface area contributed by atoms with Crippen molar-refractivity contribution in [2.75, 3.05) is 24.6 Å². The number of aliphatic hydroxyl groups excluding tert-OH is 1. The predicted molar refractivity (Wildman–Crippen MR) is 89.8 cm³/mol. The molecule has 1 aliphatic rings. The molecule has 2 rings (SSSR count). The molecule has 122 valence electrons. The van der Waals surface area contributed by atoms with Crippen LogP contribution in [0.2, 0.25) is 0 Å². The predicted octanol–water partition coefficient (Wildman–Crippen LogP) is 2.70. The lowest BCUT2D eigenvalue weighted by Crippen LogP contribution is -2.34. The van der Waals surface area contributed by atoms with Crippen LogP contribution in [0.4, 0.5) is 5.69 Å². The van der Waals surface area contributed by atoms with E-state index < -0.39 is 0 Å². The van der Waals surface area contributed by atoms with Crippen LogP contribution in [0.1, 0.15) is 44.6 Å². The fourth-order valence-electron chi connectivity index (χ4n) is 2.82. The van der Waals surface area contributed by atoms with E-state index >= 15 is 0 Å². The Morgan fingerprint density at radius 3 is 2.55 bits per heavy atom. The van der Waals surface area contributed by atoms with Crippen molar-refractivity contribution < 1.29 is 9.90 Å². The smallest absolute Gasteiger partial charge is 0.220 e. The molecule has 0 aliphatic carbocycles. The third-order valence-electron chi connectivity index (χ3n) is 4.42. The number of piperidine rings is 1. The Kier molecular flexibility index (Phi) is 6.72. The first-order valence-corrected chi connectivity index (χ1v) is 8.44. The molecular formula is C18H28N2O2. The summed E-state index contributed by atoms with van der Waals surface area (Å²) in [6, 6.07) is 8.45. The zero-order chi connectivity index (χ0) is 15.8. The highest BCUT2D eigenvalue weighted by Crippen LogP contribution is 2.23.